The molecule has 0 bridgehead atoms. The Bertz CT molecular complexity index is 1260. The second-order valence-corrected chi connectivity index (χ2v) is 8.36. The Morgan fingerprint density at radius 1 is 0.903 bits per heavy atom. The lowest BCUT2D eigenvalue weighted by molar-refractivity contribution is 0.0475. The first-order chi connectivity index (χ1) is 15.1. The number of carbonyl (C=O) groups excluding carboxylic acids is 2. The summed E-state index contributed by atoms with van der Waals surface area (Å²) in [4.78, 5) is 42.5. The fourth-order valence-corrected chi connectivity index (χ4v) is 4.59. The number of aryl methyl sites for hydroxylation is 3. The highest BCUT2D eigenvalue weighted by molar-refractivity contribution is 6.00. The SMILES string of the molecule is O=C(COC(=O)c1ccc2c(=O)n3c(nc2c1)CCCCC3)c1ccc2c(c1)CCC2. The number of ether oxygens (including phenoxy) is 1. The summed E-state index contributed by atoms with van der Waals surface area (Å²) in [6, 6.07) is 10.5. The standard InChI is InChI=1S/C25H24N2O4/c28-22(18-9-8-16-5-4-6-17(16)13-18)15-31-25(30)19-10-11-20-21(14-19)26-23-7-2-1-3-12-27(23)24(20)29/h8-11,13-14H,1-7,12,15H2. The third-order valence-corrected chi connectivity index (χ3v) is 6.31. The van der Waals surface area contributed by atoms with Gasteiger partial charge in [-0.05, 0) is 67.5 Å². The summed E-state index contributed by atoms with van der Waals surface area (Å²) < 4.78 is 7.03. The molecule has 0 saturated carbocycles. The average molecular weight is 416 g/mol. The van der Waals surface area contributed by atoms with E-state index in [1.165, 1.54) is 11.1 Å². The number of hydrogen-bond donors (Lipinski definition) is 0. The van der Waals surface area contributed by atoms with Gasteiger partial charge in [-0.25, -0.2) is 9.78 Å². The minimum Gasteiger partial charge on any atom is -0.454 e. The summed E-state index contributed by atoms with van der Waals surface area (Å²) in [5.41, 5.74) is 3.81. The molecular weight excluding hydrogens is 392 g/mol. The monoisotopic (exact) mass is 416 g/mol. The summed E-state index contributed by atoms with van der Waals surface area (Å²) in [7, 11) is 0. The smallest absolute Gasteiger partial charge is 0.338 e. The number of carbonyl (C=O) groups is 2. The van der Waals surface area contributed by atoms with Gasteiger partial charge < -0.3 is 4.74 Å². The molecule has 1 aliphatic carbocycles. The second-order valence-electron chi connectivity index (χ2n) is 8.36. The fraction of sp³-hybridized carbons (Fsp3) is 0.360. The van der Waals surface area contributed by atoms with Crippen LogP contribution in [0, 0.1) is 0 Å². The lowest BCUT2D eigenvalue weighted by Crippen LogP contribution is -2.24. The maximum atomic E-state index is 12.8. The van der Waals surface area contributed by atoms with Crippen LogP contribution in [0.15, 0.2) is 41.2 Å². The van der Waals surface area contributed by atoms with Crippen LogP contribution in [0.25, 0.3) is 10.9 Å². The molecule has 0 radical (unpaired) electrons. The Morgan fingerprint density at radius 2 is 1.74 bits per heavy atom. The van der Waals surface area contributed by atoms with Crippen molar-refractivity contribution in [3.8, 4) is 0 Å². The lowest BCUT2D eigenvalue weighted by atomic mass is 10.0. The van der Waals surface area contributed by atoms with E-state index in [1.807, 2.05) is 12.1 Å². The first-order valence-electron chi connectivity index (χ1n) is 11.0. The van der Waals surface area contributed by atoms with Gasteiger partial charge in [0, 0.05) is 18.5 Å². The van der Waals surface area contributed by atoms with Crippen LogP contribution in [0.2, 0.25) is 0 Å². The van der Waals surface area contributed by atoms with Gasteiger partial charge >= 0.3 is 5.97 Å². The predicted molar refractivity (Wildman–Crippen MR) is 117 cm³/mol. The zero-order valence-corrected chi connectivity index (χ0v) is 17.4. The molecule has 2 aromatic carbocycles. The molecule has 158 valence electrons. The Morgan fingerprint density at radius 3 is 2.65 bits per heavy atom. The fourth-order valence-electron chi connectivity index (χ4n) is 4.59. The maximum absolute atomic E-state index is 12.8. The van der Waals surface area contributed by atoms with E-state index in [0.29, 0.717) is 28.6 Å². The molecular formula is C25H24N2O4. The number of nitrogens with zero attached hydrogens (tertiary/aromatic N) is 2. The summed E-state index contributed by atoms with van der Waals surface area (Å²) in [6.45, 7) is 0.377. The van der Waals surface area contributed by atoms with Crippen molar-refractivity contribution in [1.29, 1.82) is 0 Å². The number of fused-ring (bicyclic) bond motifs is 3. The summed E-state index contributed by atoms with van der Waals surface area (Å²) in [5.74, 6) is -0.0360. The Labute approximate surface area is 179 Å². The molecule has 6 nitrogen and oxygen atoms in total. The lowest BCUT2D eigenvalue weighted by Gasteiger charge is -2.11. The molecule has 0 atom stereocenters. The van der Waals surface area contributed by atoms with Crippen LogP contribution in [-0.2, 0) is 30.5 Å². The van der Waals surface area contributed by atoms with E-state index in [1.54, 1.807) is 28.8 Å². The number of ketones is 1. The summed E-state index contributed by atoms with van der Waals surface area (Å²) >= 11 is 0. The summed E-state index contributed by atoms with van der Waals surface area (Å²) in [5, 5.41) is 0.497. The first-order valence-corrected chi connectivity index (χ1v) is 11.0. The van der Waals surface area contributed by atoms with Crippen molar-refractivity contribution < 1.29 is 14.3 Å². The molecule has 1 aromatic heterocycles. The Kier molecular flexibility index (Phi) is 5.14. The van der Waals surface area contributed by atoms with Gasteiger partial charge in [0.05, 0.1) is 16.5 Å². The molecule has 2 aliphatic rings. The molecule has 1 aliphatic heterocycles. The van der Waals surface area contributed by atoms with E-state index < -0.39 is 5.97 Å². The van der Waals surface area contributed by atoms with Crippen LogP contribution in [-0.4, -0.2) is 27.9 Å². The summed E-state index contributed by atoms with van der Waals surface area (Å²) in [6.07, 6.45) is 6.98. The predicted octanol–water partition coefficient (Wildman–Crippen LogP) is 3.65. The van der Waals surface area contributed by atoms with Gasteiger partial charge in [0.2, 0.25) is 0 Å². The minimum absolute atomic E-state index is 0.0615. The number of aromatic nitrogens is 2. The van der Waals surface area contributed by atoms with Crippen LogP contribution in [0.1, 0.15) is 63.4 Å². The Hall–Kier alpha value is -3.28. The minimum atomic E-state index is -0.590. The molecule has 6 heteroatoms. The van der Waals surface area contributed by atoms with E-state index in [2.05, 4.69) is 4.98 Å². The van der Waals surface area contributed by atoms with Crippen molar-refractivity contribution in [3.63, 3.8) is 0 Å². The van der Waals surface area contributed by atoms with Gasteiger partial charge in [-0.1, -0.05) is 18.6 Å². The zero-order valence-electron chi connectivity index (χ0n) is 17.4. The van der Waals surface area contributed by atoms with Crippen LogP contribution in [0.4, 0.5) is 0 Å². The van der Waals surface area contributed by atoms with Gasteiger partial charge in [0.25, 0.3) is 5.56 Å². The van der Waals surface area contributed by atoms with Crippen molar-refractivity contribution in [2.24, 2.45) is 0 Å². The van der Waals surface area contributed by atoms with Crippen molar-refractivity contribution in [2.45, 2.75) is 51.5 Å². The van der Waals surface area contributed by atoms with Crippen LogP contribution in [0.5, 0.6) is 0 Å². The van der Waals surface area contributed by atoms with Gasteiger partial charge in [0.1, 0.15) is 5.82 Å². The van der Waals surface area contributed by atoms with Crippen LogP contribution >= 0.6 is 0 Å². The number of hydrogen-bond acceptors (Lipinski definition) is 5. The second kappa shape index (κ2) is 8.10. The molecule has 0 amide bonds. The topological polar surface area (TPSA) is 78.3 Å². The third kappa shape index (κ3) is 3.78. The zero-order chi connectivity index (χ0) is 21.4. The van der Waals surface area contributed by atoms with Gasteiger partial charge in [0.15, 0.2) is 12.4 Å². The molecule has 31 heavy (non-hydrogen) atoms. The van der Waals surface area contributed by atoms with Crippen LogP contribution < -0.4 is 5.56 Å². The largest absolute Gasteiger partial charge is 0.454 e. The molecule has 0 saturated heterocycles. The van der Waals surface area contributed by atoms with E-state index in [9.17, 15) is 14.4 Å². The van der Waals surface area contributed by atoms with E-state index in [0.717, 1.165) is 50.8 Å². The average Bonchev–Trinajstić information content (AvgIpc) is 3.13. The highest BCUT2D eigenvalue weighted by Crippen LogP contribution is 2.23. The molecule has 3 aromatic rings. The van der Waals surface area contributed by atoms with E-state index >= 15 is 0 Å². The molecule has 0 spiro atoms. The van der Waals surface area contributed by atoms with Crippen LogP contribution in [0.3, 0.4) is 0 Å². The number of benzene rings is 2. The van der Waals surface area contributed by atoms with E-state index in [-0.39, 0.29) is 17.9 Å². The number of Topliss-reactive ketones (excluding diaryl/α,β-unsaturated/α-hetero) is 1. The third-order valence-electron chi connectivity index (χ3n) is 6.31. The van der Waals surface area contributed by atoms with Gasteiger partial charge in [-0.3, -0.25) is 14.2 Å². The molecule has 2 heterocycles. The van der Waals surface area contributed by atoms with Gasteiger partial charge in [-0.2, -0.15) is 0 Å². The first kappa shape index (κ1) is 19.7. The molecule has 5 rings (SSSR count). The van der Waals surface area contributed by atoms with Crippen molar-refractivity contribution in [3.05, 3.63) is 74.8 Å². The van der Waals surface area contributed by atoms with E-state index in [4.69, 9.17) is 4.74 Å². The van der Waals surface area contributed by atoms with Crippen molar-refractivity contribution >= 4 is 22.7 Å². The number of esters is 1. The Balaban J connectivity index is 1.34. The quantitative estimate of drug-likeness (QED) is 0.479. The number of rotatable bonds is 4. The van der Waals surface area contributed by atoms with Crippen molar-refractivity contribution in [1.82, 2.24) is 9.55 Å². The van der Waals surface area contributed by atoms with Crippen molar-refractivity contribution in [2.75, 3.05) is 6.61 Å². The normalized spacial score (nSPS) is 15.2. The van der Waals surface area contributed by atoms with Gasteiger partial charge in [-0.15, -0.1) is 0 Å². The highest BCUT2D eigenvalue weighted by atomic mass is 16.5. The molecule has 0 fully saturated rings. The highest BCUT2D eigenvalue weighted by Gasteiger charge is 2.18. The maximum Gasteiger partial charge on any atom is 0.338 e. The molecule has 0 N–H and O–H groups in total. The molecule has 0 unspecified atom stereocenters.